The molecule has 0 aliphatic heterocycles. The molecule has 1 radical (unpaired) electrons. The van der Waals surface area contributed by atoms with Crippen LogP contribution in [0.25, 0.3) is 0 Å². The van der Waals surface area contributed by atoms with Crippen LogP contribution in [0, 0.1) is 0 Å². The van der Waals surface area contributed by atoms with Gasteiger partial charge in [-0.3, -0.25) is 0 Å². The summed E-state index contributed by atoms with van der Waals surface area (Å²) < 4.78 is 0. The van der Waals surface area contributed by atoms with E-state index in [0.29, 0.717) is 6.54 Å². The summed E-state index contributed by atoms with van der Waals surface area (Å²) >= 11 is 0. The Morgan fingerprint density at radius 2 is 1.77 bits per heavy atom. The molecule has 0 saturated heterocycles. The van der Waals surface area contributed by atoms with E-state index >= 15 is 0 Å². The number of hydrogen-bond donors (Lipinski definition) is 1. The van der Waals surface area contributed by atoms with Crippen molar-refractivity contribution in [1.82, 2.24) is 10.6 Å². The Kier molecular flexibility index (Phi) is 8.83. The zero-order valence-corrected chi connectivity index (χ0v) is 8.81. The average Bonchev–Trinajstić information content (AvgIpc) is 2.16. The summed E-state index contributed by atoms with van der Waals surface area (Å²) in [5, 5.41) is 6.28. The van der Waals surface area contributed by atoms with Gasteiger partial charge in [0.25, 0.3) is 0 Å². The molecule has 0 aromatic rings. The number of urea groups is 1. The van der Waals surface area contributed by atoms with Crippen LogP contribution in [0.1, 0.15) is 45.4 Å². The molecule has 0 bridgehead atoms. The highest BCUT2D eigenvalue weighted by Gasteiger charge is 1.96. The molecule has 0 spiro atoms. The molecule has 0 saturated carbocycles. The largest absolute Gasteiger partial charge is 0.340 e. The van der Waals surface area contributed by atoms with Gasteiger partial charge in [-0.15, -0.1) is 0 Å². The SMILES string of the molecule is CCCCCCCC[N]C(=O)NC. The molecular formula is C10H21N2O. The second-order valence-corrected chi connectivity index (χ2v) is 3.20. The molecular weight excluding hydrogens is 164 g/mol. The minimum Gasteiger partial charge on any atom is -0.340 e. The number of amides is 2. The van der Waals surface area contributed by atoms with Crippen LogP contribution >= 0.6 is 0 Å². The number of nitrogens with one attached hydrogen (secondary N) is 1. The van der Waals surface area contributed by atoms with E-state index in [1.165, 1.54) is 32.1 Å². The topological polar surface area (TPSA) is 43.2 Å². The first-order valence-corrected chi connectivity index (χ1v) is 5.20. The van der Waals surface area contributed by atoms with E-state index in [4.69, 9.17) is 0 Å². The van der Waals surface area contributed by atoms with Crippen molar-refractivity contribution in [3.63, 3.8) is 0 Å². The summed E-state index contributed by atoms with van der Waals surface area (Å²) in [5.74, 6) is 0. The maximum Gasteiger partial charge on any atom is 0.336 e. The lowest BCUT2D eigenvalue weighted by molar-refractivity contribution is 0.242. The Balaban J connectivity index is 2.95. The highest BCUT2D eigenvalue weighted by Crippen LogP contribution is 2.03. The Hall–Kier alpha value is -0.730. The van der Waals surface area contributed by atoms with Crippen LogP contribution in [0.5, 0.6) is 0 Å². The Labute approximate surface area is 81.3 Å². The number of carbonyl (C=O) groups is 1. The predicted octanol–water partition coefficient (Wildman–Crippen LogP) is 2.29. The van der Waals surface area contributed by atoms with E-state index in [9.17, 15) is 4.79 Å². The lowest BCUT2D eigenvalue weighted by Crippen LogP contribution is -2.27. The third kappa shape index (κ3) is 9.18. The van der Waals surface area contributed by atoms with Crippen LogP contribution in [0.2, 0.25) is 0 Å². The smallest absolute Gasteiger partial charge is 0.336 e. The lowest BCUT2D eigenvalue weighted by atomic mass is 10.1. The fourth-order valence-corrected chi connectivity index (χ4v) is 1.15. The first-order chi connectivity index (χ1) is 6.31. The molecule has 0 unspecified atom stereocenters. The third-order valence-corrected chi connectivity index (χ3v) is 1.98. The van der Waals surface area contributed by atoms with Crippen molar-refractivity contribution >= 4 is 6.03 Å². The summed E-state index contributed by atoms with van der Waals surface area (Å²) in [6.45, 7) is 2.88. The molecule has 3 heteroatoms. The highest BCUT2D eigenvalue weighted by atomic mass is 16.2. The molecule has 77 valence electrons. The van der Waals surface area contributed by atoms with E-state index in [1.54, 1.807) is 7.05 Å². The van der Waals surface area contributed by atoms with Crippen LogP contribution < -0.4 is 10.6 Å². The quantitative estimate of drug-likeness (QED) is 0.608. The third-order valence-electron chi connectivity index (χ3n) is 1.98. The lowest BCUT2D eigenvalue weighted by Gasteiger charge is -2.01. The first-order valence-electron chi connectivity index (χ1n) is 5.20. The maximum atomic E-state index is 10.7. The van der Waals surface area contributed by atoms with Gasteiger partial charge in [-0.05, 0) is 6.42 Å². The second kappa shape index (κ2) is 9.36. The van der Waals surface area contributed by atoms with Crippen LogP contribution in [0.3, 0.4) is 0 Å². The molecule has 0 aliphatic rings. The van der Waals surface area contributed by atoms with E-state index in [-0.39, 0.29) is 6.03 Å². The van der Waals surface area contributed by atoms with Crippen molar-refractivity contribution in [1.29, 1.82) is 0 Å². The molecule has 0 aliphatic carbocycles. The summed E-state index contributed by atoms with van der Waals surface area (Å²) in [6.07, 6.45) is 7.43. The molecule has 3 nitrogen and oxygen atoms in total. The van der Waals surface area contributed by atoms with Crippen LogP contribution in [-0.2, 0) is 0 Å². The van der Waals surface area contributed by atoms with E-state index in [0.717, 1.165) is 6.42 Å². The minimum absolute atomic E-state index is 0.200. The first kappa shape index (κ1) is 12.3. The van der Waals surface area contributed by atoms with Crippen molar-refractivity contribution in [2.45, 2.75) is 45.4 Å². The van der Waals surface area contributed by atoms with E-state index < -0.39 is 0 Å². The van der Waals surface area contributed by atoms with Gasteiger partial charge in [-0.1, -0.05) is 39.0 Å². The Morgan fingerprint density at radius 3 is 2.38 bits per heavy atom. The van der Waals surface area contributed by atoms with Gasteiger partial charge in [0.2, 0.25) is 0 Å². The predicted molar refractivity (Wildman–Crippen MR) is 54.8 cm³/mol. The molecule has 0 fully saturated rings. The van der Waals surface area contributed by atoms with Crippen LogP contribution in [0.15, 0.2) is 0 Å². The van der Waals surface area contributed by atoms with Gasteiger partial charge in [0.15, 0.2) is 0 Å². The van der Waals surface area contributed by atoms with Crippen LogP contribution in [-0.4, -0.2) is 19.6 Å². The number of hydrogen-bond acceptors (Lipinski definition) is 1. The highest BCUT2D eigenvalue weighted by molar-refractivity contribution is 5.72. The van der Waals surface area contributed by atoms with E-state index in [2.05, 4.69) is 17.6 Å². The molecule has 0 aromatic heterocycles. The molecule has 0 aromatic carbocycles. The molecule has 0 atom stereocenters. The average molecular weight is 185 g/mol. The molecule has 0 rings (SSSR count). The molecule has 13 heavy (non-hydrogen) atoms. The Bertz CT molecular complexity index is 126. The van der Waals surface area contributed by atoms with Crippen LogP contribution in [0.4, 0.5) is 4.79 Å². The van der Waals surface area contributed by atoms with Gasteiger partial charge in [0.05, 0.1) is 0 Å². The van der Waals surface area contributed by atoms with Gasteiger partial charge in [-0.2, -0.15) is 0 Å². The van der Waals surface area contributed by atoms with Crippen molar-refractivity contribution < 1.29 is 4.79 Å². The Morgan fingerprint density at radius 1 is 1.15 bits per heavy atom. The standard InChI is InChI=1S/C10H21N2O/c1-3-4-5-6-7-8-9-12-10(13)11-2/h3-9H2,1-2H3,(H,11,13). The van der Waals surface area contributed by atoms with Gasteiger partial charge in [0, 0.05) is 13.6 Å². The minimum atomic E-state index is -0.200. The van der Waals surface area contributed by atoms with Crippen molar-refractivity contribution in [2.75, 3.05) is 13.6 Å². The van der Waals surface area contributed by atoms with Gasteiger partial charge < -0.3 is 5.32 Å². The fourth-order valence-electron chi connectivity index (χ4n) is 1.15. The number of nitrogens with zero attached hydrogens (tertiary/aromatic N) is 1. The zero-order valence-electron chi connectivity index (χ0n) is 8.81. The van der Waals surface area contributed by atoms with Crippen molar-refractivity contribution in [2.24, 2.45) is 0 Å². The summed E-state index contributed by atoms with van der Waals surface area (Å²) in [7, 11) is 1.60. The summed E-state index contributed by atoms with van der Waals surface area (Å²) in [6, 6.07) is -0.200. The molecule has 0 heterocycles. The monoisotopic (exact) mass is 185 g/mol. The zero-order chi connectivity index (χ0) is 9.94. The van der Waals surface area contributed by atoms with Gasteiger partial charge in [0.1, 0.15) is 0 Å². The van der Waals surface area contributed by atoms with Crippen molar-refractivity contribution in [3.8, 4) is 0 Å². The van der Waals surface area contributed by atoms with Crippen molar-refractivity contribution in [3.05, 3.63) is 0 Å². The fraction of sp³-hybridized carbons (Fsp3) is 0.900. The number of rotatable bonds is 7. The maximum absolute atomic E-state index is 10.7. The summed E-state index contributed by atoms with van der Waals surface area (Å²) in [5.41, 5.74) is 0. The number of unbranched alkanes of at least 4 members (excludes halogenated alkanes) is 5. The molecule has 1 N–H and O–H groups in total. The normalized spacial score (nSPS) is 9.69. The number of carbonyl (C=O) groups excluding carboxylic acids is 1. The van der Waals surface area contributed by atoms with Gasteiger partial charge >= 0.3 is 6.03 Å². The second-order valence-electron chi connectivity index (χ2n) is 3.20. The van der Waals surface area contributed by atoms with E-state index in [1.807, 2.05) is 0 Å². The van der Waals surface area contributed by atoms with Gasteiger partial charge in [-0.25, -0.2) is 10.1 Å². The summed E-state index contributed by atoms with van der Waals surface area (Å²) in [4.78, 5) is 10.7. The molecule has 2 amide bonds.